The molecule has 0 unspecified atom stereocenters. The minimum atomic E-state index is -0.484. The van der Waals surface area contributed by atoms with Gasteiger partial charge in [0, 0.05) is 19.3 Å². The smallest absolute Gasteiger partial charge is 0.258 e. The van der Waals surface area contributed by atoms with E-state index in [0.717, 1.165) is 6.42 Å². The number of aromatic nitrogens is 3. The lowest BCUT2D eigenvalue weighted by Crippen LogP contribution is -2.45. The third kappa shape index (κ3) is 2.81. The van der Waals surface area contributed by atoms with Crippen molar-refractivity contribution in [1.29, 1.82) is 0 Å². The van der Waals surface area contributed by atoms with Gasteiger partial charge in [0.2, 0.25) is 5.91 Å². The van der Waals surface area contributed by atoms with Crippen LogP contribution in [0.5, 0.6) is 0 Å². The highest BCUT2D eigenvalue weighted by atomic mass is 16.2. The van der Waals surface area contributed by atoms with E-state index in [9.17, 15) is 9.59 Å². The van der Waals surface area contributed by atoms with Crippen molar-refractivity contribution in [3.63, 3.8) is 0 Å². The van der Waals surface area contributed by atoms with Crippen molar-refractivity contribution in [2.75, 3.05) is 13.1 Å². The fourth-order valence-electron chi connectivity index (χ4n) is 2.71. The van der Waals surface area contributed by atoms with Crippen molar-refractivity contribution < 1.29 is 9.59 Å². The third-order valence-corrected chi connectivity index (χ3v) is 4.09. The summed E-state index contributed by atoms with van der Waals surface area (Å²) in [6, 6.07) is 5.04. The molecule has 0 radical (unpaired) electrons. The van der Waals surface area contributed by atoms with Crippen molar-refractivity contribution in [1.82, 2.24) is 25.0 Å². The summed E-state index contributed by atoms with van der Waals surface area (Å²) < 4.78 is 1.63. The molecule has 1 aliphatic heterocycles. The van der Waals surface area contributed by atoms with Crippen LogP contribution in [0.1, 0.15) is 29.4 Å². The highest BCUT2D eigenvalue weighted by Gasteiger charge is 2.30. The van der Waals surface area contributed by atoms with Crippen molar-refractivity contribution >= 4 is 11.8 Å². The van der Waals surface area contributed by atoms with E-state index < -0.39 is 6.04 Å². The Morgan fingerprint density at radius 3 is 2.96 bits per heavy atom. The highest BCUT2D eigenvalue weighted by Crippen LogP contribution is 2.17. The quantitative estimate of drug-likeness (QED) is 0.894. The minimum Gasteiger partial charge on any atom is -0.354 e. The number of pyridine rings is 1. The monoisotopic (exact) mass is 313 g/mol. The fourth-order valence-corrected chi connectivity index (χ4v) is 2.71. The molecule has 0 saturated carbocycles. The molecule has 1 N–H and O–H groups in total. The second kappa shape index (κ2) is 6.20. The molecule has 120 valence electrons. The van der Waals surface area contributed by atoms with Crippen LogP contribution in [0.25, 0.3) is 5.82 Å². The maximum Gasteiger partial charge on any atom is 0.258 e. The second-order valence-electron chi connectivity index (χ2n) is 5.56. The molecule has 0 spiro atoms. The number of nitrogens with zero attached hydrogens (tertiary/aromatic N) is 4. The van der Waals surface area contributed by atoms with Crippen LogP contribution in [0.3, 0.4) is 0 Å². The number of rotatable bonds is 2. The molecule has 2 aromatic rings. The molecule has 1 saturated heterocycles. The van der Waals surface area contributed by atoms with E-state index in [1.54, 1.807) is 28.9 Å². The molecule has 7 nitrogen and oxygen atoms in total. The van der Waals surface area contributed by atoms with E-state index in [-0.39, 0.29) is 11.8 Å². The van der Waals surface area contributed by atoms with Gasteiger partial charge in [-0.3, -0.25) is 9.59 Å². The summed E-state index contributed by atoms with van der Waals surface area (Å²) in [6.45, 7) is 4.72. The van der Waals surface area contributed by atoms with Crippen molar-refractivity contribution in [2.45, 2.75) is 26.3 Å². The topological polar surface area (TPSA) is 80.1 Å². The molecule has 3 heterocycles. The lowest BCUT2D eigenvalue weighted by Gasteiger charge is -2.25. The van der Waals surface area contributed by atoms with Gasteiger partial charge in [-0.05, 0) is 32.4 Å². The maximum atomic E-state index is 12.8. The Hall–Kier alpha value is -2.70. The van der Waals surface area contributed by atoms with Gasteiger partial charge in [0.1, 0.15) is 6.04 Å². The Kier molecular flexibility index (Phi) is 4.10. The molecule has 0 aliphatic carbocycles. The van der Waals surface area contributed by atoms with Gasteiger partial charge >= 0.3 is 0 Å². The SMILES string of the molecule is Cc1c(C(=O)N2CCCNC(=O)[C@@H]2C)cnn1-c1ccccn1. The number of carbonyl (C=O) groups is 2. The summed E-state index contributed by atoms with van der Waals surface area (Å²) in [4.78, 5) is 30.6. The third-order valence-electron chi connectivity index (χ3n) is 4.09. The first-order valence-corrected chi connectivity index (χ1v) is 7.64. The molecule has 3 rings (SSSR count). The van der Waals surface area contributed by atoms with Gasteiger partial charge in [0.05, 0.1) is 17.5 Å². The van der Waals surface area contributed by atoms with Crippen LogP contribution in [0.15, 0.2) is 30.6 Å². The largest absolute Gasteiger partial charge is 0.354 e. The van der Waals surface area contributed by atoms with Crippen LogP contribution in [0.2, 0.25) is 0 Å². The molecule has 0 aromatic carbocycles. The lowest BCUT2D eigenvalue weighted by molar-refractivity contribution is -0.124. The number of hydrogen-bond acceptors (Lipinski definition) is 4. The number of nitrogens with one attached hydrogen (secondary N) is 1. The predicted molar refractivity (Wildman–Crippen MR) is 84.2 cm³/mol. The van der Waals surface area contributed by atoms with E-state index in [4.69, 9.17) is 0 Å². The molecule has 1 aliphatic rings. The lowest BCUT2D eigenvalue weighted by atomic mass is 10.2. The average Bonchev–Trinajstić information content (AvgIpc) is 2.87. The van der Waals surface area contributed by atoms with Gasteiger partial charge in [0.25, 0.3) is 5.91 Å². The van der Waals surface area contributed by atoms with Crippen LogP contribution < -0.4 is 5.32 Å². The zero-order valence-electron chi connectivity index (χ0n) is 13.2. The van der Waals surface area contributed by atoms with Crippen LogP contribution in [0, 0.1) is 6.92 Å². The molecule has 1 fully saturated rings. The zero-order valence-corrected chi connectivity index (χ0v) is 13.2. The summed E-state index contributed by atoms with van der Waals surface area (Å²) in [5.74, 6) is 0.366. The molecule has 1 atom stereocenters. The maximum absolute atomic E-state index is 12.8. The Labute approximate surface area is 134 Å². The van der Waals surface area contributed by atoms with Gasteiger partial charge in [-0.2, -0.15) is 5.10 Å². The minimum absolute atomic E-state index is 0.120. The Morgan fingerprint density at radius 2 is 2.22 bits per heavy atom. The first-order chi connectivity index (χ1) is 11.1. The number of carbonyl (C=O) groups excluding carboxylic acids is 2. The van der Waals surface area contributed by atoms with Gasteiger partial charge in [-0.15, -0.1) is 0 Å². The fraction of sp³-hybridized carbons (Fsp3) is 0.375. The second-order valence-corrected chi connectivity index (χ2v) is 5.56. The summed E-state index contributed by atoms with van der Waals surface area (Å²) in [7, 11) is 0. The molecular formula is C16H19N5O2. The standard InChI is InChI=1S/C16H19N5O2/c1-11-13(10-19-21(11)14-6-3-4-7-17-14)16(23)20-9-5-8-18-15(22)12(20)2/h3-4,6-7,10,12H,5,8-9H2,1-2H3,(H,18,22)/t12-/m0/s1. The van der Waals surface area contributed by atoms with Gasteiger partial charge < -0.3 is 10.2 Å². The molecule has 2 aromatic heterocycles. The number of hydrogen-bond donors (Lipinski definition) is 1. The van der Waals surface area contributed by atoms with E-state index in [1.807, 2.05) is 25.1 Å². The van der Waals surface area contributed by atoms with Crippen LogP contribution in [0.4, 0.5) is 0 Å². The van der Waals surface area contributed by atoms with Crippen molar-refractivity contribution in [3.05, 3.63) is 41.9 Å². The molecule has 0 bridgehead atoms. The first-order valence-electron chi connectivity index (χ1n) is 7.64. The summed E-state index contributed by atoms with van der Waals surface area (Å²) in [5.41, 5.74) is 1.21. The molecule has 2 amide bonds. The molecule has 7 heteroatoms. The first kappa shape index (κ1) is 15.2. The van der Waals surface area contributed by atoms with Gasteiger partial charge in [-0.1, -0.05) is 6.07 Å². The van der Waals surface area contributed by atoms with Gasteiger partial charge in [-0.25, -0.2) is 9.67 Å². The average molecular weight is 313 g/mol. The van der Waals surface area contributed by atoms with E-state index in [0.29, 0.717) is 30.2 Å². The van der Waals surface area contributed by atoms with Crippen LogP contribution >= 0.6 is 0 Å². The predicted octanol–water partition coefficient (Wildman–Crippen LogP) is 0.926. The highest BCUT2D eigenvalue weighted by molar-refractivity contribution is 5.98. The number of amides is 2. The Balaban J connectivity index is 1.91. The van der Waals surface area contributed by atoms with E-state index in [2.05, 4.69) is 15.4 Å². The van der Waals surface area contributed by atoms with Crippen molar-refractivity contribution in [2.24, 2.45) is 0 Å². The zero-order chi connectivity index (χ0) is 16.4. The molecule has 23 heavy (non-hydrogen) atoms. The summed E-state index contributed by atoms with van der Waals surface area (Å²) >= 11 is 0. The van der Waals surface area contributed by atoms with Crippen LogP contribution in [-0.2, 0) is 4.79 Å². The van der Waals surface area contributed by atoms with E-state index >= 15 is 0 Å². The van der Waals surface area contributed by atoms with Crippen molar-refractivity contribution in [3.8, 4) is 5.82 Å². The van der Waals surface area contributed by atoms with Crippen LogP contribution in [-0.4, -0.2) is 50.6 Å². The van der Waals surface area contributed by atoms with Gasteiger partial charge in [0.15, 0.2) is 5.82 Å². The molecular weight excluding hydrogens is 294 g/mol. The Bertz CT molecular complexity index is 725. The Morgan fingerprint density at radius 1 is 1.39 bits per heavy atom. The normalized spacial score (nSPS) is 18.4. The summed E-state index contributed by atoms with van der Waals surface area (Å²) in [5, 5.41) is 7.09. The summed E-state index contributed by atoms with van der Waals surface area (Å²) in [6.07, 6.45) is 3.97. The van der Waals surface area contributed by atoms with E-state index in [1.165, 1.54) is 0 Å².